The monoisotopic (exact) mass is 311 g/mol. The Bertz CT molecular complexity index is 574. The summed E-state index contributed by atoms with van der Waals surface area (Å²) in [6.45, 7) is 2.09. The maximum atomic E-state index is 11.8. The van der Waals surface area contributed by atoms with E-state index in [2.05, 4.69) is 17.3 Å². The summed E-state index contributed by atoms with van der Waals surface area (Å²) in [7, 11) is -2.98. The summed E-state index contributed by atoms with van der Waals surface area (Å²) in [6.07, 6.45) is 9.27. The molecule has 0 aromatic carbocycles. The second kappa shape index (κ2) is 6.85. The molecule has 0 aliphatic heterocycles. The topological polar surface area (TPSA) is 85.1 Å². The smallest absolute Gasteiger partial charge is 0.150 e. The van der Waals surface area contributed by atoms with Gasteiger partial charge in [-0.05, 0) is 48.8 Å². The van der Waals surface area contributed by atoms with E-state index in [1.54, 1.807) is 6.20 Å². The fourth-order valence-electron chi connectivity index (χ4n) is 3.39. The molecule has 21 heavy (non-hydrogen) atoms. The van der Waals surface area contributed by atoms with E-state index in [1.165, 1.54) is 11.8 Å². The van der Waals surface area contributed by atoms with Crippen molar-refractivity contribution in [2.24, 2.45) is 11.8 Å². The molecule has 0 bridgehead atoms. The lowest BCUT2D eigenvalue weighted by molar-refractivity contribution is 0.273. The van der Waals surface area contributed by atoms with Crippen LogP contribution in [-0.4, -0.2) is 24.9 Å². The molecule has 1 saturated carbocycles. The van der Waals surface area contributed by atoms with Crippen LogP contribution >= 0.6 is 0 Å². The third-order valence-electron chi connectivity index (χ3n) is 4.58. The summed E-state index contributed by atoms with van der Waals surface area (Å²) in [4.78, 5) is 4.17. The summed E-state index contributed by atoms with van der Waals surface area (Å²) in [5, 5.41) is -0.237. The average molecular weight is 311 g/mol. The van der Waals surface area contributed by atoms with Gasteiger partial charge in [0.2, 0.25) is 0 Å². The SMILES string of the molecule is CCc1cnccc1C(NN)C1CCCC(S(C)(=O)=O)C1. The van der Waals surface area contributed by atoms with Crippen molar-refractivity contribution in [2.45, 2.75) is 50.3 Å². The number of hydrazine groups is 1. The van der Waals surface area contributed by atoms with Crippen LogP contribution in [0.2, 0.25) is 0 Å². The maximum Gasteiger partial charge on any atom is 0.150 e. The normalized spacial score (nSPS) is 24.7. The van der Waals surface area contributed by atoms with Crippen molar-refractivity contribution >= 4 is 9.84 Å². The van der Waals surface area contributed by atoms with Crippen LogP contribution in [0.4, 0.5) is 0 Å². The molecule has 0 radical (unpaired) electrons. The Morgan fingerprint density at radius 1 is 1.48 bits per heavy atom. The minimum Gasteiger partial charge on any atom is -0.271 e. The van der Waals surface area contributed by atoms with Crippen molar-refractivity contribution in [1.82, 2.24) is 10.4 Å². The molecule has 6 heteroatoms. The van der Waals surface area contributed by atoms with Crippen LogP contribution < -0.4 is 11.3 Å². The molecule has 2 rings (SSSR count). The van der Waals surface area contributed by atoms with Crippen LogP contribution in [0.3, 0.4) is 0 Å². The van der Waals surface area contributed by atoms with E-state index in [9.17, 15) is 8.42 Å². The van der Waals surface area contributed by atoms with Gasteiger partial charge in [-0.2, -0.15) is 0 Å². The van der Waals surface area contributed by atoms with Crippen molar-refractivity contribution in [3.8, 4) is 0 Å². The molecule has 1 aliphatic rings. The Hall–Kier alpha value is -0.980. The number of nitrogens with one attached hydrogen (secondary N) is 1. The first-order valence-electron chi connectivity index (χ1n) is 7.55. The summed E-state index contributed by atoms with van der Waals surface area (Å²) < 4.78 is 23.7. The number of nitrogens with two attached hydrogens (primary N) is 1. The zero-order valence-electron chi connectivity index (χ0n) is 12.7. The van der Waals surface area contributed by atoms with Gasteiger partial charge < -0.3 is 0 Å². The van der Waals surface area contributed by atoms with Gasteiger partial charge in [-0.25, -0.2) is 8.42 Å². The molecule has 3 N–H and O–H groups in total. The molecular weight excluding hydrogens is 286 g/mol. The molecule has 1 aromatic heterocycles. The Morgan fingerprint density at radius 2 is 2.24 bits per heavy atom. The lowest BCUT2D eigenvalue weighted by atomic mass is 9.80. The summed E-state index contributed by atoms with van der Waals surface area (Å²) >= 11 is 0. The molecule has 118 valence electrons. The molecule has 0 saturated heterocycles. The first-order chi connectivity index (χ1) is 9.97. The van der Waals surface area contributed by atoms with E-state index in [0.29, 0.717) is 6.42 Å². The van der Waals surface area contributed by atoms with E-state index in [4.69, 9.17) is 5.84 Å². The molecular formula is C15H25N3O2S. The third kappa shape index (κ3) is 3.81. The van der Waals surface area contributed by atoms with Gasteiger partial charge in [0.25, 0.3) is 0 Å². The van der Waals surface area contributed by atoms with Crippen LogP contribution in [0.5, 0.6) is 0 Å². The highest BCUT2D eigenvalue weighted by molar-refractivity contribution is 7.91. The Morgan fingerprint density at radius 3 is 2.86 bits per heavy atom. The first kappa shape index (κ1) is 16.4. The first-order valence-corrected chi connectivity index (χ1v) is 9.50. The fourth-order valence-corrected chi connectivity index (χ4v) is 4.58. The van der Waals surface area contributed by atoms with Crippen LogP contribution in [-0.2, 0) is 16.3 Å². The predicted octanol–water partition coefficient (Wildman–Crippen LogP) is 1.75. The highest BCUT2D eigenvalue weighted by Crippen LogP contribution is 2.37. The van der Waals surface area contributed by atoms with E-state index in [1.807, 2.05) is 12.3 Å². The van der Waals surface area contributed by atoms with Gasteiger partial charge in [-0.1, -0.05) is 13.3 Å². The second-order valence-electron chi connectivity index (χ2n) is 5.95. The van der Waals surface area contributed by atoms with Crippen molar-refractivity contribution in [3.05, 3.63) is 29.6 Å². The largest absolute Gasteiger partial charge is 0.271 e. The number of hydrogen-bond donors (Lipinski definition) is 2. The molecule has 1 aromatic rings. The zero-order chi connectivity index (χ0) is 15.5. The highest BCUT2D eigenvalue weighted by atomic mass is 32.2. The number of aromatic nitrogens is 1. The minimum atomic E-state index is -2.98. The Balaban J connectivity index is 2.25. The number of aryl methyl sites for hydroxylation is 1. The molecule has 0 amide bonds. The van der Waals surface area contributed by atoms with Crippen LogP contribution in [0.25, 0.3) is 0 Å². The second-order valence-corrected chi connectivity index (χ2v) is 8.28. The number of rotatable bonds is 5. The summed E-state index contributed by atoms with van der Waals surface area (Å²) in [5.74, 6) is 6.04. The van der Waals surface area contributed by atoms with Gasteiger partial charge in [-0.15, -0.1) is 0 Å². The van der Waals surface area contributed by atoms with Crippen LogP contribution in [0.1, 0.15) is 49.8 Å². The number of sulfone groups is 1. The van der Waals surface area contributed by atoms with E-state index >= 15 is 0 Å². The predicted molar refractivity (Wildman–Crippen MR) is 84.3 cm³/mol. The number of nitrogens with zero attached hydrogens (tertiary/aromatic N) is 1. The third-order valence-corrected chi connectivity index (χ3v) is 6.22. The summed E-state index contributed by atoms with van der Waals surface area (Å²) in [6, 6.07) is 1.99. The van der Waals surface area contributed by atoms with Crippen molar-refractivity contribution in [1.29, 1.82) is 0 Å². The van der Waals surface area contributed by atoms with Gasteiger partial charge in [0.05, 0.1) is 5.25 Å². The number of pyridine rings is 1. The van der Waals surface area contributed by atoms with Crippen LogP contribution in [0.15, 0.2) is 18.5 Å². The Labute approximate surface area is 127 Å². The average Bonchev–Trinajstić information content (AvgIpc) is 2.48. The fraction of sp³-hybridized carbons (Fsp3) is 0.667. The van der Waals surface area contributed by atoms with Gasteiger partial charge in [0.15, 0.2) is 0 Å². The van der Waals surface area contributed by atoms with Crippen molar-refractivity contribution in [2.75, 3.05) is 6.26 Å². The van der Waals surface area contributed by atoms with Gasteiger partial charge in [0.1, 0.15) is 9.84 Å². The molecule has 0 spiro atoms. The zero-order valence-corrected chi connectivity index (χ0v) is 13.6. The molecule has 5 nitrogen and oxygen atoms in total. The quantitative estimate of drug-likeness (QED) is 0.639. The molecule has 3 atom stereocenters. The van der Waals surface area contributed by atoms with Gasteiger partial charge in [0, 0.05) is 24.7 Å². The number of hydrogen-bond acceptors (Lipinski definition) is 5. The van der Waals surface area contributed by atoms with Crippen molar-refractivity contribution < 1.29 is 8.42 Å². The highest BCUT2D eigenvalue weighted by Gasteiger charge is 2.33. The van der Waals surface area contributed by atoms with Crippen molar-refractivity contribution in [3.63, 3.8) is 0 Å². The standard InChI is InChI=1S/C15H25N3O2S/c1-3-11-10-17-8-7-14(11)15(18-16)12-5-4-6-13(9-12)21(2,19)20/h7-8,10,12-13,15,18H,3-6,9,16H2,1-2H3. The van der Waals surface area contributed by atoms with E-state index in [0.717, 1.165) is 31.2 Å². The van der Waals surface area contributed by atoms with E-state index in [-0.39, 0.29) is 17.2 Å². The van der Waals surface area contributed by atoms with Gasteiger partial charge >= 0.3 is 0 Å². The minimum absolute atomic E-state index is 0.00694. The molecule has 1 aliphatic carbocycles. The Kier molecular flexibility index (Phi) is 5.35. The lowest BCUT2D eigenvalue weighted by Gasteiger charge is -2.34. The van der Waals surface area contributed by atoms with Crippen LogP contribution in [0, 0.1) is 5.92 Å². The summed E-state index contributed by atoms with van der Waals surface area (Å²) in [5.41, 5.74) is 5.23. The molecule has 3 unspecified atom stereocenters. The van der Waals surface area contributed by atoms with Gasteiger partial charge in [-0.3, -0.25) is 16.3 Å². The van der Waals surface area contributed by atoms with E-state index < -0.39 is 9.84 Å². The maximum absolute atomic E-state index is 11.8. The lowest BCUT2D eigenvalue weighted by Crippen LogP contribution is -2.38. The molecule has 1 heterocycles. The molecule has 1 fully saturated rings.